The molecule has 0 spiro atoms. The molecule has 0 aliphatic heterocycles. The summed E-state index contributed by atoms with van der Waals surface area (Å²) in [6, 6.07) is 9.41. The molecule has 0 saturated heterocycles. The first kappa shape index (κ1) is 19.3. The van der Waals surface area contributed by atoms with Crippen LogP contribution in [-0.2, 0) is 5.41 Å². The van der Waals surface area contributed by atoms with Crippen LogP contribution in [0.25, 0.3) is 39.1 Å². The molecule has 0 radical (unpaired) electrons. The number of nitrogens with zero attached hydrogens (tertiary/aromatic N) is 6. The van der Waals surface area contributed by atoms with Crippen molar-refractivity contribution in [1.82, 2.24) is 34.5 Å². The van der Waals surface area contributed by atoms with Crippen LogP contribution in [0.2, 0.25) is 5.02 Å². The maximum absolute atomic E-state index is 12.5. The highest BCUT2D eigenvalue weighted by Crippen LogP contribution is 2.37. The predicted molar refractivity (Wildman–Crippen MR) is 119 cm³/mol. The summed E-state index contributed by atoms with van der Waals surface area (Å²) in [7, 11) is 0. The molecule has 8 nitrogen and oxygen atoms in total. The van der Waals surface area contributed by atoms with Crippen molar-refractivity contribution in [3.05, 3.63) is 70.4 Å². The predicted octanol–water partition coefficient (Wildman–Crippen LogP) is 4.04. The molecule has 31 heavy (non-hydrogen) atoms. The minimum atomic E-state index is -0.404. The largest absolute Gasteiger partial charge is 0.349 e. The third-order valence-electron chi connectivity index (χ3n) is 5.01. The van der Waals surface area contributed by atoms with Crippen molar-refractivity contribution in [2.75, 3.05) is 0 Å². The number of aromatic nitrogens is 7. The molecule has 1 N–H and O–H groups in total. The number of rotatable bonds is 2. The number of benzene rings is 1. The van der Waals surface area contributed by atoms with Crippen LogP contribution in [0.1, 0.15) is 26.6 Å². The van der Waals surface area contributed by atoms with Crippen molar-refractivity contribution in [3.63, 3.8) is 0 Å². The monoisotopic (exact) mass is 431 g/mol. The summed E-state index contributed by atoms with van der Waals surface area (Å²) in [5.41, 5.74) is 3.16. The summed E-state index contributed by atoms with van der Waals surface area (Å²) in [5, 5.41) is 8.01. The molecule has 0 atom stereocenters. The molecule has 5 rings (SSSR count). The number of aromatic amines is 1. The van der Waals surface area contributed by atoms with Crippen molar-refractivity contribution >= 4 is 28.3 Å². The zero-order valence-corrected chi connectivity index (χ0v) is 17.8. The second-order valence-corrected chi connectivity index (χ2v) is 8.64. The van der Waals surface area contributed by atoms with Crippen LogP contribution in [-0.4, -0.2) is 34.5 Å². The lowest BCUT2D eigenvalue weighted by Gasteiger charge is -2.20. The molecule has 0 fully saturated rings. The SMILES string of the molecule is CC(C)(C)c1nc2nc(-c3ccccc3Cl)c(-c3cncnc3)cc2c2n[nH]c(=O)n12. The fourth-order valence-corrected chi connectivity index (χ4v) is 3.82. The Labute approximate surface area is 182 Å². The maximum Gasteiger partial charge on any atom is 0.349 e. The highest BCUT2D eigenvalue weighted by molar-refractivity contribution is 6.33. The van der Waals surface area contributed by atoms with E-state index in [2.05, 4.69) is 20.2 Å². The Bertz CT molecular complexity index is 1500. The zero-order chi connectivity index (χ0) is 21.8. The molecule has 0 saturated carbocycles. The van der Waals surface area contributed by atoms with E-state index < -0.39 is 5.41 Å². The maximum atomic E-state index is 12.5. The average Bonchev–Trinajstić information content (AvgIpc) is 3.14. The third kappa shape index (κ3) is 3.16. The standard InChI is InChI=1S/C22H18ClN7O/c1-22(2,3)20-27-18-15(19-28-29-21(31)30(19)20)8-14(12-9-24-11-25-10-12)17(26-18)13-6-4-5-7-16(13)23/h4-11H,1-3H3,(H,29,31). The van der Waals surface area contributed by atoms with Gasteiger partial charge < -0.3 is 0 Å². The summed E-state index contributed by atoms with van der Waals surface area (Å²) in [6.07, 6.45) is 4.89. The summed E-state index contributed by atoms with van der Waals surface area (Å²) in [5.74, 6) is 0.571. The Balaban J connectivity index is 1.95. The quantitative estimate of drug-likeness (QED) is 0.452. The lowest BCUT2D eigenvalue weighted by Crippen LogP contribution is -2.25. The van der Waals surface area contributed by atoms with Crippen molar-refractivity contribution in [2.45, 2.75) is 26.2 Å². The Kier molecular flexibility index (Phi) is 4.33. The van der Waals surface area contributed by atoms with Gasteiger partial charge in [-0.25, -0.2) is 34.2 Å². The second-order valence-electron chi connectivity index (χ2n) is 8.24. The molecule has 0 unspecified atom stereocenters. The van der Waals surface area contributed by atoms with E-state index in [9.17, 15) is 4.79 Å². The normalized spacial score (nSPS) is 12.0. The number of pyridine rings is 1. The Morgan fingerprint density at radius 3 is 2.48 bits per heavy atom. The van der Waals surface area contributed by atoms with Crippen molar-refractivity contribution in [3.8, 4) is 22.4 Å². The highest BCUT2D eigenvalue weighted by atomic mass is 35.5. The van der Waals surface area contributed by atoms with Crippen LogP contribution in [0.5, 0.6) is 0 Å². The van der Waals surface area contributed by atoms with Crippen LogP contribution in [0.4, 0.5) is 0 Å². The van der Waals surface area contributed by atoms with Gasteiger partial charge in [0, 0.05) is 39.5 Å². The van der Waals surface area contributed by atoms with Crippen LogP contribution in [0.3, 0.4) is 0 Å². The van der Waals surface area contributed by atoms with E-state index in [0.29, 0.717) is 33.2 Å². The molecule has 0 amide bonds. The molecular formula is C22H18ClN7O. The minimum Gasteiger partial charge on any atom is -0.246 e. The Morgan fingerprint density at radius 1 is 1.03 bits per heavy atom. The van der Waals surface area contributed by atoms with Crippen LogP contribution in [0.15, 0.2) is 53.8 Å². The topological polar surface area (TPSA) is 102 Å². The molecule has 0 aliphatic carbocycles. The first-order chi connectivity index (χ1) is 14.8. The highest BCUT2D eigenvalue weighted by Gasteiger charge is 2.25. The summed E-state index contributed by atoms with van der Waals surface area (Å²) >= 11 is 6.52. The van der Waals surface area contributed by atoms with Gasteiger partial charge in [-0.15, -0.1) is 0 Å². The third-order valence-corrected chi connectivity index (χ3v) is 5.34. The number of H-pyrrole nitrogens is 1. The fraction of sp³-hybridized carbons (Fsp3) is 0.182. The molecule has 1 aromatic carbocycles. The Morgan fingerprint density at radius 2 is 1.77 bits per heavy atom. The van der Waals surface area contributed by atoms with E-state index in [1.807, 2.05) is 51.1 Å². The van der Waals surface area contributed by atoms with E-state index in [-0.39, 0.29) is 5.69 Å². The molecule has 5 aromatic rings. The Hall–Kier alpha value is -3.65. The molecule has 9 heteroatoms. The number of hydrogen-bond acceptors (Lipinski definition) is 6. The molecule has 4 heterocycles. The zero-order valence-electron chi connectivity index (χ0n) is 17.1. The van der Waals surface area contributed by atoms with E-state index in [0.717, 1.165) is 16.7 Å². The minimum absolute atomic E-state index is 0.339. The van der Waals surface area contributed by atoms with E-state index >= 15 is 0 Å². The number of nitrogens with one attached hydrogen (secondary N) is 1. The van der Waals surface area contributed by atoms with Gasteiger partial charge in [-0.05, 0) is 12.1 Å². The lowest BCUT2D eigenvalue weighted by molar-refractivity contribution is 0.535. The van der Waals surface area contributed by atoms with Gasteiger partial charge in [0.1, 0.15) is 12.2 Å². The lowest BCUT2D eigenvalue weighted by atomic mass is 9.95. The summed E-state index contributed by atoms with van der Waals surface area (Å²) < 4.78 is 1.50. The van der Waals surface area contributed by atoms with Crippen LogP contribution >= 0.6 is 11.6 Å². The van der Waals surface area contributed by atoms with E-state index in [1.165, 1.54) is 10.7 Å². The van der Waals surface area contributed by atoms with Gasteiger partial charge in [-0.1, -0.05) is 50.6 Å². The second kappa shape index (κ2) is 6.95. The van der Waals surface area contributed by atoms with Gasteiger partial charge in [0.15, 0.2) is 11.3 Å². The summed E-state index contributed by atoms with van der Waals surface area (Å²) in [6.45, 7) is 5.97. The van der Waals surface area contributed by atoms with E-state index in [4.69, 9.17) is 21.6 Å². The number of halogens is 1. The van der Waals surface area contributed by atoms with Gasteiger partial charge in [-0.2, -0.15) is 5.10 Å². The van der Waals surface area contributed by atoms with E-state index in [1.54, 1.807) is 12.4 Å². The molecule has 154 valence electrons. The summed E-state index contributed by atoms with van der Waals surface area (Å²) in [4.78, 5) is 30.5. The van der Waals surface area contributed by atoms with Crippen molar-refractivity contribution in [2.24, 2.45) is 0 Å². The van der Waals surface area contributed by atoms with Crippen molar-refractivity contribution < 1.29 is 0 Å². The van der Waals surface area contributed by atoms with Crippen LogP contribution in [0, 0.1) is 0 Å². The molecule has 0 bridgehead atoms. The number of hydrogen-bond donors (Lipinski definition) is 1. The van der Waals surface area contributed by atoms with Gasteiger partial charge in [0.25, 0.3) is 0 Å². The first-order valence-electron chi connectivity index (χ1n) is 9.67. The first-order valence-corrected chi connectivity index (χ1v) is 10.0. The van der Waals surface area contributed by atoms with Gasteiger partial charge >= 0.3 is 5.69 Å². The van der Waals surface area contributed by atoms with Gasteiger partial charge in [-0.3, -0.25) is 0 Å². The van der Waals surface area contributed by atoms with Gasteiger partial charge in [0.05, 0.1) is 11.1 Å². The fourth-order valence-electron chi connectivity index (χ4n) is 3.60. The van der Waals surface area contributed by atoms with Crippen molar-refractivity contribution in [1.29, 1.82) is 0 Å². The average molecular weight is 432 g/mol. The smallest absolute Gasteiger partial charge is 0.246 e. The van der Waals surface area contributed by atoms with Crippen LogP contribution < -0.4 is 5.69 Å². The van der Waals surface area contributed by atoms with Gasteiger partial charge in [0.2, 0.25) is 0 Å². The molecule has 4 aromatic heterocycles. The number of fused-ring (bicyclic) bond motifs is 3. The molecule has 0 aliphatic rings. The molecular weight excluding hydrogens is 414 g/mol.